The van der Waals surface area contributed by atoms with Crippen molar-refractivity contribution in [3.05, 3.63) is 117 Å². The summed E-state index contributed by atoms with van der Waals surface area (Å²) >= 11 is 0. The Balaban J connectivity index is 1.37. The maximum Gasteiger partial charge on any atom is 0.294 e. The van der Waals surface area contributed by atoms with Crippen LogP contribution in [0.15, 0.2) is 71.7 Å². The van der Waals surface area contributed by atoms with Crippen molar-refractivity contribution in [2.75, 3.05) is 17.6 Å². The first-order valence-corrected chi connectivity index (χ1v) is 12.7. The summed E-state index contributed by atoms with van der Waals surface area (Å²) in [7, 11) is 0. The first-order valence-electron chi connectivity index (χ1n) is 12.7. The molecule has 4 N–H and O–H groups in total. The number of amides is 1. The van der Waals surface area contributed by atoms with Gasteiger partial charge in [0.15, 0.2) is 5.82 Å². The van der Waals surface area contributed by atoms with Crippen molar-refractivity contribution in [3.63, 3.8) is 0 Å². The fourth-order valence-corrected chi connectivity index (χ4v) is 5.01. The summed E-state index contributed by atoms with van der Waals surface area (Å²) in [5.41, 5.74) is 8.02. The van der Waals surface area contributed by atoms with Gasteiger partial charge in [0.05, 0.1) is 0 Å². The third kappa shape index (κ3) is 5.36. The van der Waals surface area contributed by atoms with E-state index in [9.17, 15) is 18.4 Å². The Morgan fingerprint density at radius 1 is 1.08 bits per heavy atom. The number of pyridine rings is 1. The van der Waals surface area contributed by atoms with Crippen LogP contribution >= 0.6 is 0 Å². The van der Waals surface area contributed by atoms with Gasteiger partial charge in [-0.2, -0.15) is 0 Å². The molecule has 0 aliphatic carbocycles. The highest BCUT2D eigenvalue weighted by atomic mass is 19.1. The maximum atomic E-state index is 14.7. The summed E-state index contributed by atoms with van der Waals surface area (Å²) in [4.78, 5) is 35.0. The van der Waals surface area contributed by atoms with E-state index in [0.717, 1.165) is 5.56 Å². The van der Waals surface area contributed by atoms with Crippen LogP contribution in [-0.4, -0.2) is 27.0 Å². The molecule has 0 spiro atoms. The molecule has 1 amide bonds. The first kappa shape index (κ1) is 26.0. The molecule has 0 radical (unpaired) electrons. The second-order valence-corrected chi connectivity index (χ2v) is 9.50. The van der Waals surface area contributed by atoms with E-state index < -0.39 is 29.2 Å². The van der Waals surface area contributed by atoms with E-state index in [1.54, 1.807) is 54.7 Å². The van der Waals surface area contributed by atoms with Crippen molar-refractivity contribution in [1.82, 2.24) is 19.9 Å². The Hall–Kier alpha value is -4.60. The third-order valence-corrected chi connectivity index (χ3v) is 7.07. The lowest BCUT2D eigenvalue weighted by Gasteiger charge is -2.21. The van der Waals surface area contributed by atoms with E-state index >= 15 is 0 Å². The molecule has 3 heterocycles. The molecule has 1 aliphatic heterocycles. The van der Waals surface area contributed by atoms with Gasteiger partial charge in [0, 0.05) is 36.6 Å². The molecule has 39 heavy (non-hydrogen) atoms. The predicted molar refractivity (Wildman–Crippen MR) is 144 cm³/mol. The van der Waals surface area contributed by atoms with Gasteiger partial charge in [-0.1, -0.05) is 42.5 Å². The Labute approximate surface area is 223 Å². The van der Waals surface area contributed by atoms with Crippen molar-refractivity contribution < 1.29 is 13.6 Å². The second kappa shape index (κ2) is 11.0. The number of benzene rings is 2. The predicted octanol–water partition coefficient (Wildman–Crippen LogP) is 3.85. The minimum atomic E-state index is -0.720. The van der Waals surface area contributed by atoms with Gasteiger partial charge in [0.1, 0.15) is 23.5 Å². The van der Waals surface area contributed by atoms with Crippen molar-refractivity contribution in [2.45, 2.75) is 38.3 Å². The number of anilines is 2. The molecule has 2 aromatic heterocycles. The average Bonchev–Trinajstić information content (AvgIpc) is 3.36. The Bertz CT molecular complexity index is 1540. The number of nitrogen functional groups attached to an aromatic ring is 1. The summed E-state index contributed by atoms with van der Waals surface area (Å²) < 4.78 is 30.9. The molecule has 1 atom stereocenters. The number of aromatic nitrogens is 3. The van der Waals surface area contributed by atoms with Gasteiger partial charge in [0.2, 0.25) is 5.91 Å². The number of rotatable bonds is 8. The largest absolute Gasteiger partial charge is 0.384 e. The molecule has 10 heteroatoms. The molecule has 0 bridgehead atoms. The average molecular weight is 531 g/mol. The zero-order chi connectivity index (χ0) is 27.5. The lowest BCUT2D eigenvalue weighted by atomic mass is 9.90. The van der Waals surface area contributed by atoms with E-state index in [4.69, 9.17) is 5.73 Å². The van der Waals surface area contributed by atoms with Crippen molar-refractivity contribution >= 4 is 17.5 Å². The molecule has 200 valence electrons. The number of carbonyl (C=O) groups is 1. The lowest BCUT2D eigenvalue weighted by molar-refractivity contribution is -0.124. The standard InChI is InChI=1S/C29H28F2N6O2/c1-17-18(10-13-26(32)36-17)14-35-28(38)25-12-11-19-15-33-27(29(39)37(19)25)34-16-22(20-6-2-4-8-23(20)30)21-7-3-5-9-24(21)31/h2-10,13,15,22,25H,11-12,14,16H2,1H3,(H2,32,36)(H,33,34)(H,35,38)/t25-/m0/s1. The normalized spacial score (nSPS) is 14.3. The molecule has 5 rings (SSSR count). The summed E-state index contributed by atoms with van der Waals surface area (Å²) in [6, 6.07) is 15.1. The maximum absolute atomic E-state index is 14.7. The van der Waals surface area contributed by atoms with Crippen LogP contribution in [0.25, 0.3) is 0 Å². The van der Waals surface area contributed by atoms with Crippen LogP contribution in [0.3, 0.4) is 0 Å². The summed E-state index contributed by atoms with van der Waals surface area (Å²) in [6.07, 6.45) is 2.54. The lowest BCUT2D eigenvalue weighted by Crippen LogP contribution is -2.36. The van der Waals surface area contributed by atoms with Gasteiger partial charge in [-0.05, 0) is 54.7 Å². The highest BCUT2D eigenvalue weighted by Crippen LogP contribution is 2.29. The smallest absolute Gasteiger partial charge is 0.294 e. The number of aryl methyl sites for hydroxylation is 2. The number of carbonyl (C=O) groups excluding carboxylic acids is 1. The number of hydrogen-bond acceptors (Lipinski definition) is 6. The van der Waals surface area contributed by atoms with Gasteiger partial charge >= 0.3 is 0 Å². The minimum Gasteiger partial charge on any atom is -0.384 e. The molecule has 1 aliphatic rings. The van der Waals surface area contributed by atoms with Gasteiger partial charge in [-0.15, -0.1) is 0 Å². The molecule has 0 fully saturated rings. The minimum absolute atomic E-state index is 0.00899. The molecule has 8 nitrogen and oxygen atoms in total. The summed E-state index contributed by atoms with van der Waals surface area (Å²) in [6.45, 7) is 2.08. The highest BCUT2D eigenvalue weighted by Gasteiger charge is 2.31. The van der Waals surface area contributed by atoms with Crippen LogP contribution in [0.2, 0.25) is 0 Å². The SMILES string of the molecule is Cc1nc(N)ccc1CNC(=O)[C@@H]1CCc2cnc(NCC(c3ccccc3F)c3ccccc3F)c(=O)n21. The van der Waals surface area contributed by atoms with E-state index in [-0.39, 0.29) is 24.8 Å². The van der Waals surface area contributed by atoms with Gasteiger partial charge < -0.3 is 16.4 Å². The van der Waals surface area contributed by atoms with E-state index in [0.29, 0.717) is 41.2 Å². The van der Waals surface area contributed by atoms with Gasteiger partial charge in [-0.3, -0.25) is 14.2 Å². The van der Waals surface area contributed by atoms with Crippen LogP contribution < -0.4 is 21.9 Å². The zero-order valence-electron chi connectivity index (χ0n) is 21.3. The Kier molecular flexibility index (Phi) is 7.36. The van der Waals surface area contributed by atoms with E-state index in [1.165, 1.54) is 16.7 Å². The van der Waals surface area contributed by atoms with E-state index in [2.05, 4.69) is 20.6 Å². The van der Waals surface area contributed by atoms with E-state index in [1.807, 2.05) is 6.92 Å². The zero-order valence-corrected chi connectivity index (χ0v) is 21.3. The van der Waals surface area contributed by atoms with Crippen LogP contribution in [-0.2, 0) is 17.8 Å². The van der Waals surface area contributed by atoms with Crippen LogP contribution in [0, 0.1) is 18.6 Å². The Morgan fingerprint density at radius 3 is 2.38 bits per heavy atom. The number of fused-ring (bicyclic) bond motifs is 1. The highest BCUT2D eigenvalue weighted by molar-refractivity contribution is 5.81. The first-order chi connectivity index (χ1) is 18.8. The summed E-state index contributed by atoms with van der Waals surface area (Å²) in [5.74, 6) is -1.56. The quantitative estimate of drug-likeness (QED) is 0.319. The second-order valence-electron chi connectivity index (χ2n) is 9.50. The fourth-order valence-electron chi connectivity index (χ4n) is 5.01. The molecule has 0 saturated heterocycles. The molecule has 0 saturated carbocycles. The monoisotopic (exact) mass is 530 g/mol. The van der Waals surface area contributed by atoms with Crippen molar-refractivity contribution in [3.8, 4) is 0 Å². The van der Waals surface area contributed by atoms with Crippen LogP contribution in [0.5, 0.6) is 0 Å². The number of nitrogens with two attached hydrogens (primary N) is 1. The van der Waals surface area contributed by atoms with Crippen molar-refractivity contribution in [2.24, 2.45) is 0 Å². The number of hydrogen-bond donors (Lipinski definition) is 3. The number of nitrogens with zero attached hydrogens (tertiary/aromatic N) is 3. The van der Waals surface area contributed by atoms with Gasteiger partial charge in [-0.25, -0.2) is 18.7 Å². The molecule has 2 aromatic carbocycles. The van der Waals surface area contributed by atoms with Crippen LogP contribution in [0.1, 0.15) is 46.5 Å². The molecular formula is C29H28F2N6O2. The molecule has 4 aromatic rings. The summed E-state index contributed by atoms with van der Waals surface area (Å²) in [5, 5.41) is 5.89. The third-order valence-electron chi connectivity index (χ3n) is 7.07. The van der Waals surface area contributed by atoms with Crippen molar-refractivity contribution in [1.29, 1.82) is 0 Å². The fraction of sp³-hybridized carbons (Fsp3) is 0.241. The number of nitrogens with one attached hydrogen (secondary N) is 2. The van der Waals surface area contributed by atoms with Crippen LogP contribution in [0.4, 0.5) is 20.4 Å². The Morgan fingerprint density at radius 2 is 1.74 bits per heavy atom. The topological polar surface area (TPSA) is 115 Å². The molecule has 0 unspecified atom stereocenters. The number of halogens is 2. The van der Waals surface area contributed by atoms with Gasteiger partial charge in [0.25, 0.3) is 5.56 Å². The molecular weight excluding hydrogens is 502 g/mol.